The van der Waals surface area contributed by atoms with E-state index in [9.17, 15) is 53.1 Å². The Morgan fingerprint density at radius 1 is 0.520 bits per heavy atom. The Hall–Kier alpha value is -9.93. The van der Waals surface area contributed by atoms with Gasteiger partial charge in [-0.1, -0.05) is 71.4 Å². The summed E-state index contributed by atoms with van der Waals surface area (Å²) in [5, 5.41) is 35.3. The molecule has 0 atom stereocenters. The van der Waals surface area contributed by atoms with Crippen molar-refractivity contribution in [2.24, 2.45) is 0 Å². The van der Waals surface area contributed by atoms with Gasteiger partial charge in [0.05, 0.1) is 78.8 Å². The van der Waals surface area contributed by atoms with Gasteiger partial charge >= 0.3 is 11.9 Å². The molecule has 98 heavy (non-hydrogen) atoms. The lowest BCUT2D eigenvalue weighted by atomic mass is 9.98. The summed E-state index contributed by atoms with van der Waals surface area (Å²) in [6.07, 6.45) is 4.79. The number of benzene rings is 6. The number of nitrogen functional groups attached to an aromatic ring is 1. The van der Waals surface area contributed by atoms with E-state index in [0.29, 0.717) is 71.9 Å². The fraction of sp³-hybridized carbons (Fsp3) is 0.145. The number of pyridine rings is 3. The van der Waals surface area contributed by atoms with Crippen molar-refractivity contribution in [3.05, 3.63) is 213 Å². The first-order valence-electron chi connectivity index (χ1n) is 27.6. The summed E-state index contributed by atoms with van der Waals surface area (Å²) >= 11 is 18.2. The number of hydrogen-bond donors (Lipinski definition) is 4. The number of nitrogens with zero attached hydrogens (tertiary/aromatic N) is 12. The molecule has 26 nitrogen and oxygen atoms in total. The average Bonchev–Trinajstić information content (AvgIpc) is 1.34. The summed E-state index contributed by atoms with van der Waals surface area (Å²) in [5.41, 5.74) is 9.11. The number of aliphatic hydroxyl groups is 1. The van der Waals surface area contributed by atoms with Crippen LogP contribution in [0.15, 0.2) is 179 Å². The minimum atomic E-state index is -4.23. The molecule has 0 aliphatic rings. The van der Waals surface area contributed by atoms with E-state index in [1.165, 1.54) is 71.7 Å². The number of carbonyl (C=O) groups excluding carboxylic acids is 2. The fourth-order valence-corrected chi connectivity index (χ4v) is 12.1. The Bertz CT molecular complexity index is 5300. The predicted octanol–water partition coefficient (Wildman–Crippen LogP) is 12.5. The van der Waals surface area contributed by atoms with Gasteiger partial charge in [0.2, 0.25) is 16.9 Å². The number of esters is 2. The molecule has 0 unspecified atom stereocenters. The molecule has 6 aromatic heterocycles. The summed E-state index contributed by atoms with van der Waals surface area (Å²) in [5.74, 6) is -4.57. The number of nitrogens with two attached hydrogens (primary N) is 1. The quantitative estimate of drug-likeness (QED) is 0.0421. The van der Waals surface area contributed by atoms with Crippen LogP contribution in [0, 0.1) is 17.5 Å². The number of sulfonamides is 2. The third-order valence-corrected chi connectivity index (χ3v) is 17.9. The largest absolute Gasteiger partial charge is 0.462 e. The number of anilines is 3. The van der Waals surface area contributed by atoms with Crippen LogP contribution in [0.5, 0.6) is 0 Å². The molecule has 0 fully saturated rings. The molecule has 0 radical (unpaired) electrons. The number of hydrogen-bond acceptors (Lipinski definition) is 21. The lowest BCUT2D eigenvalue weighted by Crippen LogP contribution is -2.19. The van der Waals surface area contributed by atoms with Gasteiger partial charge in [-0.3, -0.25) is 9.44 Å². The van der Waals surface area contributed by atoms with Crippen molar-refractivity contribution < 1.29 is 62.6 Å². The molecule has 0 bridgehead atoms. The number of nitrogens with one attached hydrogen (secondary N) is 2. The number of fused-ring (bicyclic) bond motifs is 3. The Kier molecular flexibility index (Phi) is 24.3. The summed E-state index contributed by atoms with van der Waals surface area (Å²) in [6.45, 7) is 6.15. The second-order valence-corrected chi connectivity index (χ2v) is 27.4. The van der Waals surface area contributed by atoms with E-state index in [1.54, 1.807) is 79.6 Å². The third kappa shape index (κ3) is 17.6. The van der Waals surface area contributed by atoms with Gasteiger partial charge in [-0.2, -0.15) is 0 Å². The number of ether oxygens (including phenoxy) is 2. The van der Waals surface area contributed by atoms with Crippen molar-refractivity contribution in [2.45, 2.75) is 62.8 Å². The van der Waals surface area contributed by atoms with E-state index in [-0.39, 0.29) is 65.9 Å². The van der Waals surface area contributed by atoms with Crippen molar-refractivity contribution in [3.63, 3.8) is 0 Å². The van der Waals surface area contributed by atoms with Crippen molar-refractivity contribution in [3.8, 4) is 17.1 Å². The number of aromatic nitrogens is 12. The maximum absolute atomic E-state index is 14.4. The first kappa shape index (κ1) is 75.5. The van der Waals surface area contributed by atoms with Crippen LogP contribution < -0.4 is 15.2 Å². The zero-order chi connectivity index (χ0) is 69.4. The highest BCUT2D eigenvalue weighted by molar-refractivity contribution is 8.13. The minimum Gasteiger partial charge on any atom is -0.462 e. The van der Waals surface area contributed by atoms with Crippen LogP contribution in [0.1, 0.15) is 68.8 Å². The monoisotopic (exact) mass is 1480 g/mol. The topological polar surface area (TPSA) is 356 Å². The first-order valence-corrected chi connectivity index (χ1v) is 34.0. The summed E-state index contributed by atoms with van der Waals surface area (Å²) in [7, 11) is -7.39. The Morgan fingerprint density at radius 3 is 1.26 bits per heavy atom. The molecule has 6 heterocycles. The average molecular weight is 1480 g/mol. The van der Waals surface area contributed by atoms with Gasteiger partial charge in [0.1, 0.15) is 34.0 Å². The maximum Gasteiger partial charge on any atom is 0.341 e. The highest BCUT2D eigenvalue weighted by atomic mass is 35.7. The molecule has 5 N–H and O–H groups in total. The van der Waals surface area contributed by atoms with Gasteiger partial charge < -0.3 is 20.3 Å². The standard InChI is InChI=1S/C20H15ClFN5O4S.C20H17ClFN5O3S.C11H8ClN5.C9H8ClFO4S.2CH4/c1-2-31-20(28)14-7-6-13(11-15(14)22)32(29,30)25-16-8-5-12(21)10-18(16)27-17-4-3-9-23-19(17)24-26-27;1-20(2,28)14-7-6-13(11-15(14)22)31(29,30)25-16-8-5-12(21)10-18(16)27-17-4-3-9-23-19(17)24-26-27;12-7-3-4-8(13)10(6-7)17-9-2-1-5-14-11(9)15-16-17;1-2-15-9(12)7-4-3-6(5-8(7)11)16(10,13)14;;/h3-11,25H,2H2,1H3;3-11,25,28H,1-2H3;1-6H,13H2;3-5H,2H2,1H3;2*1H4. The Labute approximate surface area is 577 Å². The minimum absolute atomic E-state index is 0. The molecular weight excluding hydrogens is 1430 g/mol. The zero-order valence-electron chi connectivity index (χ0n) is 49.8. The Morgan fingerprint density at radius 2 is 0.878 bits per heavy atom. The molecule has 0 aliphatic heterocycles. The number of carbonyl (C=O) groups is 2. The van der Waals surface area contributed by atoms with Crippen LogP contribution in [0.4, 0.5) is 30.2 Å². The zero-order valence-corrected chi connectivity index (χ0v) is 55.3. The lowest BCUT2D eigenvalue weighted by molar-refractivity contribution is 0.0511. The van der Waals surface area contributed by atoms with E-state index in [1.807, 2.05) is 12.1 Å². The number of halogens is 7. The van der Waals surface area contributed by atoms with Gasteiger partial charge in [-0.05, 0) is 167 Å². The molecule has 0 spiro atoms. The smallest absolute Gasteiger partial charge is 0.341 e. The SMILES string of the molecule is C.C.CC(C)(O)c1ccc(S(=O)(=O)Nc2ccc(Cl)cc2-n2nnc3ncccc32)cc1F.CCOC(=O)c1ccc(S(=O)(=O)Cl)cc1F.CCOC(=O)c1ccc(S(=O)(=O)Nc2ccc(Cl)cc2-n2nnc3ncccc32)cc1F.Nc1ccc(Cl)cc1-n1nnc2ncccc21. The molecule has 36 heteroatoms. The summed E-state index contributed by atoms with van der Waals surface area (Å²) in [6, 6.07) is 33.7. The maximum atomic E-state index is 14.4. The van der Waals surface area contributed by atoms with Crippen LogP contribution >= 0.6 is 45.5 Å². The van der Waals surface area contributed by atoms with Gasteiger partial charge in [0.25, 0.3) is 29.1 Å². The normalized spacial score (nSPS) is 11.3. The van der Waals surface area contributed by atoms with E-state index < -0.39 is 69.0 Å². The van der Waals surface area contributed by atoms with Gasteiger partial charge in [0.15, 0.2) is 0 Å². The summed E-state index contributed by atoms with van der Waals surface area (Å²) in [4.78, 5) is 34.2. The molecule has 512 valence electrons. The molecule has 0 aliphatic carbocycles. The van der Waals surface area contributed by atoms with Crippen molar-refractivity contribution in [1.82, 2.24) is 59.9 Å². The van der Waals surface area contributed by atoms with Gasteiger partial charge in [-0.15, -0.1) is 15.3 Å². The molecule has 6 aromatic carbocycles. The van der Waals surface area contributed by atoms with Gasteiger partial charge in [0, 0.05) is 49.9 Å². The fourth-order valence-electron chi connectivity index (χ4n) is 8.69. The van der Waals surface area contributed by atoms with E-state index in [2.05, 4.69) is 60.1 Å². The lowest BCUT2D eigenvalue weighted by Gasteiger charge is -2.19. The van der Waals surface area contributed by atoms with Crippen LogP contribution in [0.25, 0.3) is 50.6 Å². The molecule has 12 aromatic rings. The van der Waals surface area contributed by atoms with Crippen LogP contribution in [-0.4, -0.2) is 115 Å². The van der Waals surface area contributed by atoms with E-state index in [0.717, 1.165) is 41.9 Å². The first-order chi connectivity index (χ1) is 45.5. The third-order valence-electron chi connectivity index (χ3n) is 13.1. The van der Waals surface area contributed by atoms with Crippen LogP contribution in [0.2, 0.25) is 15.1 Å². The molecule has 0 saturated carbocycles. The molecule has 0 amide bonds. The second kappa shape index (κ2) is 31.5. The van der Waals surface area contributed by atoms with Crippen molar-refractivity contribution >= 4 is 137 Å². The molecule has 0 saturated heterocycles. The second-order valence-electron chi connectivity index (χ2n) is 20.1. The molecule has 12 rings (SSSR count). The van der Waals surface area contributed by atoms with Gasteiger partial charge in [-0.25, -0.2) is 77.0 Å². The van der Waals surface area contributed by atoms with Crippen LogP contribution in [0.3, 0.4) is 0 Å². The highest BCUT2D eigenvalue weighted by Crippen LogP contribution is 2.33. The predicted molar refractivity (Wildman–Crippen MR) is 364 cm³/mol. The van der Waals surface area contributed by atoms with E-state index >= 15 is 0 Å². The molecular formula is C62H56Cl4F3N15O11S3. The van der Waals surface area contributed by atoms with E-state index in [4.69, 9.17) is 56.0 Å². The summed E-state index contributed by atoms with van der Waals surface area (Å²) < 4.78 is 134. The number of rotatable bonds is 15. The van der Waals surface area contributed by atoms with Crippen molar-refractivity contribution in [1.29, 1.82) is 0 Å². The van der Waals surface area contributed by atoms with Crippen molar-refractivity contribution in [2.75, 3.05) is 28.4 Å². The van der Waals surface area contributed by atoms with Crippen LogP contribution in [-0.2, 0) is 44.2 Å². The Balaban J connectivity index is 0.000000191. The highest BCUT2D eigenvalue weighted by Gasteiger charge is 2.27.